The number of carbonyl (C=O) groups is 2. The molecule has 0 spiro atoms. The van der Waals surface area contributed by atoms with E-state index in [4.69, 9.17) is 10.4 Å². The SMILES string of the molecule is COC(=O)[C@H](CO)NC(=O)c1ccc(C#N)cc1. The monoisotopic (exact) mass is 248 g/mol. The maximum Gasteiger partial charge on any atom is 0.330 e. The number of aliphatic hydroxyl groups excluding tert-OH is 1. The summed E-state index contributed by atoms with van der Waals surface area (Å²) in [7, 11) is 1.17. The highest BCUT2D eigenvalue weighted by Crippen LogP contribution is 2.03. The zero-order valence-corrected chi connectivity index (χ0v) is 9.71. The van der Waals surface area contributed by atoms with Crippen LogP contribution in [0, 0.1) is 11.3 Å². The molecule has 0 saturated carbocycles. The number of nitriles is 1. The van der Waals surface area contributed by atoms with Crippen molar-refractivity contribution in [3.8, 4) is 6.07 Å². The summed E-state index contributed by atoms with van der Waals surface area (Å²) in [5.74, 6) is -1.25. The Morgan fingerprint density at radius 3 is 2.50 bits per heavy atom. The van der Waals surface area contributed by atoms with Gasteiger partial charge in [-0.25, -0.2) is 4.79 Å². The Kier molecular flexibility index (Phi) is 4.84. The molecular formula is C12H12N2O4. The average Bonchev–Trinajstić information content (AvgIpc) is 2.43. The number of nitrogens with one attached hydrogen (secondary N) is 1. The van der Waals surface area contributed by atoms with Gasteiger partial charge >= 0.3 is 5.97 Å². The van der Waals surface area contributed by atoms with Crippen LogP contribution < -0.4 is 5.32 Å². The maximum atomic E-state index is 11.7. The van der Waals surface area contributed by atoms with Crippen molar-refractivity contribution in [1.82, 2.24) is 5.32 Å². The topological polar surface area (TPSA) is 99.4 Å². The Morgan fingerprint density at radius 1 is 1.44 bits per heavy atom. The second-order valence-corrected chi connectivity index (χ2v) is 3.42. The number of benzene rings is 1. The van der Waals surface area contributed by atoms with E-state index in [-0.39, 0.29) is 5.56 Å². The van der Waals surface area contributed by atoms with Gasteiger partial charge in [-0.05, 0) is 24.3 Å². The van der Waals surface area contributed by atoms with Crippen LogP contribution in [-0.2, 0) is 9.53 Å². The molecule has 0 bridgehead atoms. The predicted molar refractivity (Wildman–Crippen MR) is 61.5 cm³/mol. The molecule has 1 aromatic carbocycles. The molecule has 0 heterocycles. The molecule has 0 fully saturated rings. The maximum absolute atomic E-state index is 11.7. The summed E-state index contributed by atoms with van der Waals surface area (Å²) >= 11 is 0. The van der Waals surface area contributed by atoms with Crippen LogP contribution in [0.25, 0.3) is 0 Å². The molecule has 1 rings (SSSR count). The van der Waals surface area contributed by atoms with Crippen molar-refractivity contribution in [3.63, 3.8) is 0 Å². The fraction of sp³-hybridized carbons (Fsp3) is 0.250. The first kappa shape index (κ1) is 13.7. The lowest BCUT2D eigenvalue weighted by atomic mass is 10.1. The van der Waals surface area contributed by atoms with E-state index in [1.54, 1.807) is 0 Å². The van der Waals surface area contributed by atoms with E-state index in [0.717, 1.165) is 0 Å². The van der Waals surface area contributed by atoms with Gasteiger partial charge in [0, 0.05) is 5.56 Å². The fourth-order valence-electron chi connectivity index (χ4n) is 1.26. The van der Waals surface area contributed by atoms with E-state index < -0.39 is 24.5 Å². The van der Waals surface area contributed by atoms with Crippen molar-refractivity contribution in [3.05, 3.63) is 35.4 Å². The number of methoxy groups -OCH3 is 1. The first-order valence-electron chi connectivity index (χ1n) is 5.12. The second-order valence-electron chi connectivity index (χ2n) is 3.42. The van der Waals surface area contributed by atoms with Gasteiger partial charge in [0.25, 0.3) is 5.91 Å². The minimum atomic E-state index is -1.10. The summed E-state index contributed by atoms with van der Waals surface area (Å²) in [6, 6.07) is 6.72. The summed E-state index contributed by atoms with van der Waals surface area (Å²) in [5.41, 5.74) is 0.717. The third kappa shape index (κ3) is 3.30. The average molecular weight is 248 g/mol. The zero-order valence-electron chi connectivity index (χ0n) is 9.71. The molecule has 0 radical (unpaired) electrons. The molecule has 0 saturated heterocycles. The van der Waals surface area contributed by atoms with Gasteiger partial charge in [-0.1, -0.05) is 0 Å². The lowest BCUT2D eigenvalue weighted by Gasteiger charge is -2.13. The summed E-state index contributed by atoms with van der Waals surface area (Å²) in [4.78, 5) is 22.9. The smallest absolute Gasteiger partial charge is 0.330 e. The van der Waals surface area contributed by atoms with E-state index in [0.29, 0.717) is 5.56 Å². The van der Waals surface area contributed by atoms with Crippen molar-refractivity contribution < 1.29 is 19.4 Å². The van der Waals surface area contributed by atoms with Crippen LogP contribution in [0.5, 0.6) is 0 Å². The first-order valence-corrected chi connectivity index (χ1v) is 5.12. The van der Waals surface area contributed by atoms with Crippen molar-refractivity contribution in [2.24, 2.45) is 0 Å². The molecular weight excluding hydrogens is 236 g/mol. The summed E-state index contributed by atoms with van der Waals surface area (Å²) < 4.78 is 4.42. The molecule has 6 heteroatoms. The van der Waals surface area contributed by atoms with Gasteiger partial charge in [-0.2, -0.15) is 5.26 Å². The number of nitrogens with zero attached hydrogens (tertiary/aromatic N) is 1. The molecule has 0 aliphatic heterocycles. The highest BCUT2D eigenvalue weighted by molar-refractivity contribution is 5.96. The predicted octanol–water partition coefficient (Wildman–Crippen LogP) is -0.178. The number of rotatable bonds is 4. The molecule has 0 unspecified atom stereocenters. The van der Waals surface area contributed by atoms with Crippen molar-refractivity contribution >= 4 is 11.9 Å². The standard InChI is InChI=1S/C12H12N2O4/c1-18-12(17)10(7-15)14-11(16)9-4-2-8(6-13)3-5-9/h2-5,10,15H,7H2,1H3,(H,14,16)/t10-/m0/s1. The molecule has 0 aliphatic rings. The van der Waals surface area contributed by atoms with Crippen molar-refractivity contribution in [2.45, 2.75) is 6.04 Å². The summed E-state index contributed by atoms with van der Waals surface area (Å²) in [5, 5.41) is 19.9. The lowest BCUT2D eigenvalue weighted by molar-refractivity contribution is -0.143. The van der Waals surface area contributed by atoms with Crippen molar-refractivity contribution in [1.29, 1.82) is 5.26 Å². The van der Waals surface area contributed by atoms with Gasteiger partial charge in [0.15, 0.2) is 6.04 Å². The third-order valence-corrected chi connectivity index (χ3v) is 2.25. The molecule has 18 heavy (non-hydrogen) atoms. The van der Waals surface area contributed by atoms with E-state index in [9.17, 15) is 9.59 Å². The number of hydrogen-bond donors (Lipinski definition) is 2. The van der Waals surface area contributed by atoms with Gasteiger partial charge in [0.05, 0.1) is 25.3 Å². The van der Waals surface area contributed by atoms with E-state index in [1.165, 1.54) is 31.4 Å². The van der Waals surface area contributed by atoms with Crippen LogP contribution in [0.3, 0.4) is 0 Å². The van der Waals surface area contributed by atoms with Crippen LogP contribution in [0.4, 0.5) is 0 Å². The summed E-state index contributed by atoms with van der Waals surface area (Å²) in [6.07, 6.45) is 0. The van der Waals surface area contributed by atoms with Gasteiger partial charge < -0.3 is 15.2 Å². The van der Waals surface area contributed by atoms with Gasteiger partial charge in [0.2, 0.25) is 0 Å². The number of amides is 1. The highest BCUT2D eigenvalue weighted by Gasteiger charge is 2.20. The van der Waals surface area contributed by atoms with Crippen LogP contribution in [0.2, 0.25) is 0 Å². The van der Waals surface area contributed by atoms with Crippen LogP contribution >= 0.6 is 0 Å². The Bertz CT molecular complexity index is 476. The Labute approximate surface area is 104 Å². The molecule has 1 atom stereocenters. The first-order chi connectivity index (χ1) is 8.62. The quantitative estimate of drug-likeness (QED) is 0.720. The molecule has 1 amide bonds. The molecule has 0 aromatic heterocycles. The number of hydrogen-bond acceptors (Lipinski definition) is 5. The number of ether oxygens (including phenoxy) is 1. The molecule has 2 N–H and O–H groups in total. The largest absolute Gasteiger partial charge is 0.467 e. The molecule has 94 valence electrons. The Balaban J connectivity index is 2.75. The normalized spacial score (nSPS) is 11.2. The highest BCUT2D eigenvalue weighted by atomic mass is 16.5. The minimum Gasteiger partial charge on any atom is -0.467 e. The Morgan fingerprint density at radius 2 is 2.06 bits per heavy atom. The van der Waals surface area contributed by atoms with Gasteiger partial charge in [-0.15, -0.1) is 0 Å². The lowest BCUT2D eigenvalue weighted by Crippen LogP contribution is -2.44. The van der Waals surface area contributed by atoms with E-state index in [2.05, 4.69) is 10.1 Å². The number of esters is 1. The number of aliphatic hydroxyl groups is 1. The molecule has 1 aromatic rings. The Hall–Kier alpha value is -2.39. The van der Waals surface area contributed by atoms with Gasteiger partial charge in [0.1, 0.15) is 0 Å². The third-order valence-electron chi connectivity index (χ3n) is 2.25. The minimum absolute atomic E-state index is 0.288. The van der Waals surface area contributed by atoms with Crippen LogP contribution in [0.1, 0.15) is 15.9 Å². The number of carbonyl (C=O) groups excluding carboxylic acids is 2. The zero-order chi connectivity index (χ0) is 13.5. The van der Waals surface area contributed by atoms with E-state index >= 15 is 0 Å². The molecule has 6 nitrogen and oxygen atoms in total. The van der Waals surface area contributed by atoms with E-state index in [1.807, 2.05) is 6.07 Å². The van der Waals surface area contributed by atoms with Crippen LogP contribution in [-0.4, -0.2) is 36.7 Å². The van der Waals surface area contributed by atoms with Gasteiger partial charge in [-0.3, -0.25) is 4.79 Å². The second kappa shape index (κ2) is 6.37. The fourth-order valence-corrected chi connectivity index (χ4v) is 1.26. The molecule has 0 aliphatic carbocycles. The van der Waals surface area contributed by atoms with Crippen LogP contribution in [0.15, 0.2) is 24.3 Å². The summed E-state index contributed by atoms with van der Waals surface area (Å²) in [6.45, 7) is -0.547. The van der Waals surface area contributed by atoms with Crippen molar-refractivity contribution in [2.75, 3.05) is 13.7 Å².